The van der Waals surface area contributed by atoms with Crippen molar-refractivity contribution < 1.29 is 14.0 Å². The Labute approximate surface area is 155 Å². The Morgan fingerprint density at radius 1 is 1.19 bits per heavy atom. The third-order valence-electron chi connectivity index (χ3n) is 4.54. The molecule has 7 heteroatoms. The lowest BCUT2D eigenvalue weighted by molar-refractivity contribution is -0.125. The smallest absolute Gasteiger partial charge is 0.249 e. The van der Waals surface area contributed by atoms with Crippen molar-refractivity contribution in [2.75, 3.05) is 10.6 Å². The SMILES string of the molecule is Cc1c(-c2ccc(F)cc2)nn2c1NC(=O)C[C@@H]2C(=O)Nc1ccccc1. The van der Waals surface area contributed by atoms with Crippen LogP contribution in [0.3, 0.4) is 0 Å². The van der Waals surface area contributed by atoms with Gasteiger partial charge in [0, 0.05) is 16.8 Å². The van der Waals surface area contributed by atoms with Gasteiger partial charge in [-0.15, -0.1) is 0 Å². The van der Waals surface area contributed by atoms with Crippen LogP contribution in [-0.2, 0) is 9.59 Å². The number of anilines is 2. The standard InChI is InChI=1S/C20H17FN4O2/c1-12-18(13-7-9-14(21)10-8-13)24-25-16(11-17(26)23-19(12)25)20(27)22-15-5-3-2-4-6-15/h2-10,16H,11H2,1H3,(H,22,27)(H,23,26)/t16-/m1/s1. The molecule has 3 aromatic rings. The zero-order chi connectivity index (χ0) is 19.0. The van der Waals surface area contributed by atoms with E-state index >= 15 is 0 Å². The molecule has 0 spiro atoms. The summed E-state index contributed by atoms with van der Waals surface area (Å²) in [6.07, 6.45) is -0.00432. The average Bonchev–Trinajstić information content (AvgIpc) is 2.99. The number of carbonyl (C=O) groups excluding carboxylic acids is 2. The molecule has 4 rings (SSSR count). The van der Waals surface area contributed by atoms with Gasteiger partial charge in [0.05, 0.1) is 12.1 Å². The van der Waals surface area contributed by atoms with E-state index < -0.39 is 6.04 Å². The number of benzene rings is 2. The average molecular weight is 364 g/mol. The minimum Gasteiger partial charge on any atom is -0.324 e. The maximum Gasteiger partial charge on any atom is 0.249 e. The summed E-state index contributed by atoms with van der Waals surface area (Å²) in [5, 5.41) is 10.2. The number of rotatable bonds is 3. The molecule has 2 heterocycles. The monoisotopic (exact) mass is 364 g/mol. The molecular formula is C20H17FN4O2. The van der Waals surface area contributed by atoms with Crippen LogP contribution in [0.4, 0.5) is 15.9 Å². The summed E-state index contributed by atoms with van der Waals surface area (Å²) in [5.41, 5.74) is 2.70. The van der Waals surface area contributed by atoms with Gasteiger partial charge in [-0.2, -0.15) is 5.10 Å². The van der Waals surface area contributed by atoms with Crippen molar-refractivity contribution in [2.45, 2.75) is 19.4 Å². The van der Waals surface area contributed by atoms with Gasteiger partial charge in [-0.1, -0.05) is 18.2 Å². The maximum atomic E-state index is 13.2. The van der Waals surface area contributed by atoms with E-state index in [4.69, 9.17) is 0 Å². The van der Waals surface area contributed by atoms with Gasteiger partial charge in [-0.25, -0.2) is 9.07 Å². The molecule has 2 amide bonds. The highest BCUT2D eigenvalue weighted by Gasteiger charge is 2.34. The lowest BCUT2D eigenvalue weighted by Crippen LogP contribution is -2.35. The number of nitrogens with zero attached hydrogens (tertiary/aromatic N) is 2. The molecule has 0 fully saturated rings. The summed E-state index contributed by atoms with van der Waals surface area (Å²) in [7, 11) is 0. The van der Waals surface area contributed by atoms with Crippen molar-refractivity contribution in [1.82, 2.24) is 9.78 Å². The summed E-state index contributed by atoms with van der Waals surface area (Å²) < 4.78 is 14.8. The number of para-hydroxylation sites is 1. The van der Waals surface area contributed by atoms with Gasteiger partial charge in [-0.05, 0) is 43.3 Å². The van der Waals surface area contributed by atoms with E-state index in [-0.39, 0.29) is 24.1 Å². The Morgan fingerprint density at radius 3 is 2.59 bits per heavy atom. The molecule has 1 aliphatic rings. The highest BCUT2D eigenvalue weighted by molar-refractivity contribution is 6.02. The Balaban J connectivity index is 1.71. The van der Waals surface area contributed by atoms with Crippen molar-refractivity contribution in [3.8, 4) is 11.3 Å². The summed E-state index contributed by atoms with van der Waals surface area (Å²) in [6, 6.07) is 14.2. The first-order valence-corrected chi connectivity index (χ1v) is 8.54. The number of nitrogens with one attached hydrogen (secondary N) is 2. The summed E-state index contributed by atoms with van der Waals surface area (Å²) in [5.74, 6) is -0.414. The van der Waals surface area contributed by atoms with Crippen molar-refractivity contribution >= 4 is 23.3 Å². The van der Waals surface area contributed by atoms with Gasteiger partial charge in [0.2, 0.25) is 11.8 Å². The van der Waals surface area contributed by atoms with Crippen LogP contribution in [0.25, 0.3) is 11.3 Å². The first-order chi connectivity index (χ1) is 13.0. The highest BCUT2D eigenvalue weighted by Crippen LogP contribution is 2.34. The number of hydrogen-bond acceptors (Lipinski definition) is 3. The zero-order valence-corrected chi connectivity index (χ0v) is 14.6. The topological polar surface area (TPSA) is 76.0 Å². The number of carbonyl (C=O) groups is 2. The molecule has 2 aromatic carbocycles. The molecule has 0 saturated carbocycles. The van der Waals surface area contributed by atoms with Crippen molar-refractivity contribution in [3.63, 3.8) is 0 Å². The molecule has 0 bridgehead atoms. The second kappa shape index (κ2) is 6.68. The zero-order valence-electron chi connectivity index (χ0n) is 14.6. The predicted molar refractivity (Wildman–Crippen MR) is 99.7 cm³/mol. The number of aromatic nitrogens is 2. The fraction of sp³-hybridized carbons (Fsp3) is 0.150. The Morgan fingerprint density at radius 2 is 1.89 bits per heavy atom. The third-order valence-corrected chi connectivity index (χ3v) is 4.54. The summed E-state index contributed by atoms with van der Waals surface area (Å²) in [4.78, 5) is 24.9. The molecule has 0 saturated heterocycles. The van der Waals surface area contributed by atoms with E-state index in [0.717, 1.165) is 5.56 Å². The van der Waals surface area contributed by atoms with Crippen molar-refractivity contribution in [3.05, 3.63) is 66.0 Å². The normalized spacial score (nSPS) is 15.8. The Bertz CT molecular complexity index is 1010. The van der Waals surface area contributed by atoms with Crippen LogP contribution in [0.15, 0.2) is 54.6 Å². The van der Waals surface area contributed by atoms with E-state index in [2.05, 4.69) is 15.7 Å². The Hall–Kier alpha value is -3.48. The molecule has 6 nitrogen and oxygen atoms in total. The second-order valence-corrected chi connectivity index (χ2v) is 6.40. The quantitative estimate of drug-likeness (QED) is 0.747. The Kier molecular flexibility index (Phi) is 4.19. The fourth-order valence-corrected chi connectivity index (χ4v) is 3.17. The number of hydrogen-bond donors (Lipinski definition) is 2. The molecule has 1 atom stereocenters. The van der Waals surface area contributed by atoms with Crippen LogP contribution >= 0.6 is 0 Å². The third kappa shape index (κ3) is 3.19. The van der Waals surface area contributed by atoms with Crippen molar-refractivity contribution in [1.29, 1.82) is 0 Å². The first-order valence-electron chi connectivity index (χ1n) is 8.54. The molecule has 0 unspecified atom stereocenters. The number of halogens is 1. The number of fused-ring (bicyclic) bond motifs is 1. The molecule has 1 aromatic heterocycles. The predicted octanol–water partition coefficient (Wildman–Crippen LogP) is 3.52. The molecular weight excluding hydrogens is 347 g/mol. The fourth-order valence-electron chi connectivity index (χ4n) is 3.17. The minimum atomic E-state index is -0.762. The molecule has 0 radical (unpaired) electrons. The first kappa shape index (κ1) is 17.0. The van der Waals surface area contributed by atoms with Gasteiger partial charge in [0.1, 0.15) is 17.7 Å². The van der Waals surface area contributed by atoms with Gasteiger partial charge in [-0.3, -0.25) is 9.59 Å². The minimum absolute atomic E-state index is 0.00432. The van der Waals surface area contributed by atoms with E-state index in [9.17, 15) is 14.0 Å². The van der Waals surface area contributed by atoms with Gasteiger partial charge >= 0.3 is 0 Å². The van der Waals surface area contributed by atoms with Crippen LogP contribution in [0.2, 0.25) is 0 Å². The molecule has 2 N–H and O–H groups in total. The van der Waals surface area contributed by atoms with Crippen LogP contribution in [0.1, 0.15) is 18.0 Å². The molecule has 27 heavy (non-hydrogen) atoms. The van der Waals surface area contributed by atoms with E-state index in [0.29, 0.717) is 22.8 Å². The largest absolute Gasteiger partial charge is 0.324 e. The van der Waals surface area contributed by atoms with Crippen LogP contribution in [0, 0.1) is 12.7 Å². The van der Waals surface area contributed by atoms with Gasteiger partial charge in [0.25, 0.3) is 0 Å². The van der Waals surface area contributed by atoms with Gasteiger partial charge in [0.15, 0.2) is 0 Å². The van der Waals surface area contributed by atoms with Crippen LogP contribution in [-0.4, -0.2) is 21.6 Å². The lowest BCUT2D eigenvalue weighted by Gasteiger charge is -2.24. The number of amides is 2. The van der Waals surface area contributed by atoms with Crippen LogP contribution < -0.4 is 10.6 Å². The van der Waals surface area contributed by atoms with E-state index in [1.54, 1.807) is 24.3 Å². The highest BCUT2D eigenvalue weighted by atomic mass is 19.1. The van der Waals surface area contributed by atoms with E-state index in [1.807, 2.05) is 25.1 Å². The maximum absolute atomic E-state index is 13.2. The summed E-state index contributed by atoms with van der Waals surface area (Å²) in [6.45, 7) is 1.81. The molecule has 1 aliphatic heterocycles. The van der Waals surface area contributed by atoms with E-state index in [1.165, 1.54) is 16.8 Å². The molecule has 0 aliphatic carbocycles. The lowest BCUT2D eigenvalue weighted by atomic mass is 10.1. The second-order valence-electron chi connectivity index (χ2n) is 6.40. The van der Waals surface area contributed by atoms with Gasteiger partial charge < -0.3 is 10.6 Å². The van der Waals surface area contributed by atoms with Crippen LogP contribution in [0.5, 0.6) is 0 Å². The molecule has 136 valence electrons. The summed E-state index contributed by atoms with van der Waals surface area (Å²) >= 11 is 0. The van der Waals surface area contributed by atoms with Crippen molar-refractivity contribution in [2.24, 2.45) is 0 Å².